The van der Waals surface area contributed by atoms with Crippen molar-refractivity contribution in [2.24, 2.45) is 0 Å². The van der Waals surface area contributed by atoms with E-state index in [-0.39, 0.29) is 10.8 Å². The van der Waals surface area contributed by atoms with Crippen molar-refractivity contribution in [3.8, 4) is 5.75 Å². The topological polar surface area (TPSA) is 79.4 Å². The predicted octanol–water partition coefficient (Wildman–Crippen LogP) is 1.68. The van der Waals surface area contributed by atoms with Gasteiger partial charge >= 0.3 is 0 Å². The highest BCUT2D eigenvalue weighted by Crippen LogP contribution is 2.28. The van der Waals surface area contributed by atoms with E-state index in [0.717, 1.165) is 11.4 Å². The van der Waals surface area contributed by atoms with Crippen molar-refractivity contribution < 1.29 is 22.7 Å². The molecule has 2 fully saturated rings. The smallest absolute Gasteiger partial charge is 0.254 e. The predicted molar refractivity (Wildman–Crippen MR) is 117 cm³/mol. The summed E-state index contributed by atoms with van der Waals surface area (Å²) >= 11 is 0. The first-order valence-corrected chi connectivity index (χ1v) is 11.8. The molecule has 0 N–H and O–H groups in total. The Balaban J connectivity index is 1.45. The van der Waals surface area contributed by atoms with Gasteiger partial charge < -0.3 is 19.3 Å². The number of para-hydroxylation sites is 2. The average Bonchev–Trinajstić information content (AvgIpc) is 2.84. The summed E-state index contributed by atoms with van der Waals surface area (Å²) in [6.45, 7) is 3.88. The Kier molecular flexibility index (Phi) is 6.45. The van der Waals surface area contributed by atoms with Crippen molar-refractivity contribution >= 4 is 21.6 Å². The summed E-state index contributed by atoms with van der Waals surface area (Å²) in [6, 6.07) is 14.2. The van der Waals surface area contributed by atoms with Gasteiger partial charge in [0.05, 0.1) is 30.9 Å². The van der Waals surface area contributed by atoms with Crippen LogP contribution < -0.4 is 9.64 Å². The van der Waals surface area contributed by atoms with Crippen LogP contribution in [0.25, 0.3) is 0 Å². The molecule has 9 heteroatoms. The van der Waals surface area contributed by atoms with Gasteiger partial charge in [-0.1, -0.05) is 18.2 Å². The SMILES string of the molecule is COc1ccccc1N1CCN(C(=O)c2cccc(S(=O)(=O)N3CCOCC3)c2)CC1. The second kappa shape index (κ2) is 9.25. The number of nitrogens with zero attached hydrogens (tertiary/aromatic N) is 3. The van der Waals surface area contributed by atoms with Crippen molar-refractivity contribution in [2.45, 2.75) is 4.90 Å². The molecule has 0 bridgehead atoms. The third-order valence-electron chi connectivity index (χ3n) is 5.68. The molecule has 31 heavy (non-hydrogen) atoms. The van der Waals surface area contributed by atoms with Gasteiger partial charge in [0.25, 0.3) is 5.91 Å². The molecule has 2 heterocycles. The number of carbonyl (C=O) groups is 1. The Morgan fingerprint density at radius 3 is 2.35 bits per heavy atom. The summed E-state index contributed by atoms with van der Waals surface area (Å²) in [4.78, 5) is 17.2. The van der Waals surface area contributed by atoms with E-state index in [1.165, 1.54) is 10.4 Å². The molecule has 2 aliphatic heterocycles. The Bertz CT molecular complexity index is 1030. The lowest BCUT2D eigenvalue weighted by atomic mass is 10.1. The number of anilines is 1. The molecule has 0 atom stereocenters. The van der Waals surface area contributed by atoms with E-state index in [1.54, 1.807) is 30.2 Å². The number of methoxy groups -OCH3 is 1. The molecule has 166 valence electrons. The fraction of sp³-hybridized carbons (Fsp3) is 0.409. The number of rotatable bonds is 5. The number of hydrogen-bond acceptors (Lipinski definition) is 6. The summed E-state index contributed by atoms with van der Waals surface area (Å²) in [7, 11) is -1.99. The van der Waals surface area contributed by atoms with Gasteiger partial charge in [-0.3, -0.25) is 4.79 Å². The van der Waals surface area contributed by atoms with Crippen LogP contribution in [0.3, 0.4) is 0 Å². The largest absolute Gasteiger partial charge is 0.495 e. The molecule has 0 aliphatic carbocycles. The van der Waals surface area contributed by atoms with Crippen LogP contribution in [-0.4, -0.2) is 83.1 Å². The van der Waals surface area contributed by atoms with Crippen LogP contribution in [0.5, 0.6) is 5.75 Å². The number of sulfonamides is 1. The molecule has 8 nitrogen and oxygen atoms in total. The number of hydrogen-bond donors (Lipinski definition) is 0. The molecule has 0 saturated carbocycles. The summed E-state index contributed by atoms with van der Waals surface area (Å²) in [5.41, 5.74) is 1.40. The van der Waals surface area contributed by atoms with E-state index in [1.807, 2.05) is 24.3 Å². The molecule has 2 saturated heterocycles. The number of morpholine rings is 1. The van der Waals surface area contributed by atoms with E-state index in [2.05, 4.69) is 4.90 Å². The van der Waals surface area contributed by atoms with Gasteiger partial charge in [-0.15, -0.1) is 0 Å². The Morgan fingerprint density at radius 2 is 1.65 bits per heavy atom. The molecule has 0 radical (unpaired) electrons. The highest BCUT2D eigenvalue weighted by atomic mass is 32.2. The van der Waals surface area contributed by atoms with Crippen molar-refractivity contribution in [3.05, 3.63) is 54.1 Å². The molecule has 0 aromatic heterocycles. The minimum atomic E-state index is -3.64. The first-order valence-electron chi connectivity index (χ1n) is 10.4. The van der Waals surface area contributed by atoms with Gasteiger partial charge in [0, 0.05) is 44.8 Å². The Morgan fingerprint density at radius 1 is 0.935 bits per heavy atom. The zero-order chi connectivity index (χ0) is 21.8. The highest BCUT2D eigenvalue weighted by Gasteiger charge is 2.28. The average molecular weight is 446 g/mol. The fourth-order valence-electron chi connectivity index (χ4n) is 3.95. The standard InChI is InChI=1S/C22H27N3O5S/c1-29-21-8-3-2-7-20(21)23-9-11-24(12-10-23)22(26)18-5-4-6-19(17-18)31(27,28)25-13-15-30-16-14-25/h2-8,17H,9-16H2,1H3. The molecular weight excluding hydrogens is 418 g/mol. The van der Waals surface area contributed by atoms with Gasteiger partial charge in [-0.05, 0) is 30.3 Å². The second-order valence-corrected chi connectivity index (χ2v) is 9.43. The van der Waals surface area contributed by atoms with Crippen molar-refractivity contribution in [1.29, 1.82) is 0 Å². The van der Waals surface area contributed by atoms with Gasteiger partial charge in [-0.25, -0.2) is 8.42 Å². The zero-order valence-electron chi connectivity index (χ0n) is 17.6. The summed E-state index contributed by atoms with van der Waals surface area (Å²) < 4.78 is 38.0. The lowest BCUT2D eigenvalue weighted by Gasteiger charge is -2.36. The van der Waals surface area contributed by atoms with Crippen molar-refractivity contribution in [2.75, 3.05) is 64.5 Å². The monoisotopic (exact) mass is 445 g/mol. The molecule has 1 amide bonds. The van der Waals surface area contributed by atoms with E-state index in [9.17, 15) is 13.2 Å². The van der Waals surface area contributed by atoms with Gasteiger partial charge in [0.1, 0.15) is 5.75 Å². The highest BCUT2D eigenvalue weighted by molar-refractivity contribution is 7.89. The molecule has 0 spiro atoms. The number of amides is 1. The third kappa shape index (κ3) is 4.53. The molecule has 0 unspecified atom stereocenters. The number of piperazine rings is 1. The zero-order valence-corrected chi connectivity index (χ0v) is 18.4. The Hall–Kier alpha value is -2.62. The van der Waals surface area contributed by atoms with E-state index < -0.39 is 10.0 Å². The van der Waals surface area contributed by atoms with E-state index in [4.69, 9.17) is 9.47 Å². The molecule has 4 rings (SSSR count). The van der Waals surface area contributed by atoms with Crippen LogP contribution in [0.2, 0.25) is 0 Å². The van der Waals surface area contributed by atoms with Crippen LogP contribution >= 0.6 is 0 Å². The van der Waals surface area contributed by atoms with E-state index in [0.29, 0.717) is 58.0 Å². The summed E-state index contributed by atoms with van der Waals surface area (Å²) in [6.07, 6.45) is 0. The second-order valence-electron chi connectivity index (χ2n) is 7.50. The van der Waals surface area contributed by atoms with Crippen LogP contribution in [0.4, 0.5) is 5.69 Å². The molecule has 2 aromatic rings. The summed E-state index contributed by atoms with van der Waals surface area (Å²) in [5, 5.41) is 0. The van der Waals surface area contributed by atoms with Crippen molar-refractivity contribution in [3.63, 3.8) is 0 Å². The first kappa shape index (κ1) is 21.6. The lowest BCUT2D eigenvalue weighted by molar-refractivity contribution is 0.0729. The molecule has 2 aliphatic rings. The molecule has 2 aromatic carbocycles. The number of carbonyl (C=O) groups excluding carboxylic acids is 1. The maximum absolute atomic E-state index is 13.1. The fourth-order valence-corrected chi connectivity index (χ4v) is 5.40. The summed E-state index contributed by atoms with van der Waals surface area (Å²) in [5.74, 6) is 0.655. The van der Waals surface area contributed by atoms with Crippen LogP contribution in [-0.2, 0) is 14.8 Å². The van der Waals surface area contributed by atoms with Crippen molar-refractivity contribution in [1.82, 2.24) is 9.21 Å². The third-order valence-corrected chi connectivity index (χ3v) is 7.58. The minimum Gasteiger partial charge on any atom is -0.495 e. The van der Waals surface area contributed by atoms with Gasteiger partial charge in [0.15, 0.2) is 0 Å². The quantitative estimate of drug-likeness (QED) is 0.697. The molecular formula is C22H27N3O5S. The van der Waals surface area contributed by atoms with Gasteiger partial charge in [0.2, 0.25) is 10.0 Å². The maximum atomic E-state index is 13.1. The minimum absolute atomic E-state index is 0.146. The lowest BCUT2D eigenvalue weighted by Crippen LogP contribution is -2.49. The van der Waals surface area contributed by atoms with Crippen LogP contribution in [0.1, 0.15) is 10.4 Å². The number of ether oxygens (including phenoxy) is 2. The van der Waals surface area contributed by atoms with Gasteiger partial charge in [-0.2, -0.15) is 4.31 Å². The maximum Gasteiger partial charge on any atom is 0.254 e. The van der Waals surface area contributed by atoms with E-state index >= 15 is 0 Å². The first-order chi connectivity index (χ1) is 15.0. The van der Waals surface area contributed by atoms with Crippen LogP contribution in [0, 0.1) is 0 Å². The Labute approximate surface area is 183 Å². The van der Waals surface area contributed by atoms with Crippen LogP contribution in [0.15, 0.2) is 53.4 Å². The normalized spacial score (nSPS) is 18.1. The number of benzene rings is 2.